The Kier molecular flexibility index (Phi) is 8.74. The summed E-state index contributed by atoms with van der Waals surface area (Å²) in [6, 6.07) is 25.9. The molecule has 0 bridgehead atoms. The van der Waals surface area contributed by atoms with Crippen LogP contribution in [0.5, 0.6) is 0 Å². The lowest BCUT2D eigenvalue weighted by molar-refractivity contribution is -0.137. The van der Waals surface area contributed by atoms with Crippen LogP contribution < -0.4 is 5.32 Å². The number of amides is 1. The summed E-state index contributed by atoms with van der Waals surface area (Å²) in [5.41, 5.74) is 1.52. The van der Waals surface area contributed by atoms with Crippen molar-refractivity contribution >= 4 is 27.5 Å². The van der Waals surface area contributed by atoms with Gasteiger partial charge in [-0.05, 0) is 65.2 Å². The molecule has 0 fully saturated rings. The number of alkyl halides is 3. The van der Waals surface area contributed by atoms with Crippen LogP contribution in [0.15, 0.2) is 108 Å². The number of benzene rings is 4. The van der Waals surface area contributed by atoms with E-state index in [1.165, 1.54) is 40.7 Å². The van der Waals surface area contributed by atoms with Crippen molar-refractivity contribution in [3.8, 4) is 0 Å². The Morgan fingerprint density at radius 1 is 0.744 bits per heavy atom. The highest BCUT2D eigenvalue weighted by Crippen LogP contribution is 2.30. The van der Waals surface area contributed by atoms with Gasteiger partial charge < -0.3 is 5.32 Å². The van der Waals surface area contributed by atoms with E-state index in [0.29, 0.717) is 28.3 Å². The third-order valence-electron chi connectivity index (χ3n) is 5.96. The van der Waals surface area contributed by atoms with Crippen LogP contribution in [-0.2, 0) is 35.8 Å². The predicted octanol–water partition coefficient (Wildman–Crippen LogP) is 6.68. The lowest BCUT2D eigenvalue weighted by Gasteiger charge is -2.23. The summed E-state index contributed by atoms with van der Waals surface area (Å²) in [6.45, 7) is 0.127. The molecule has 4 rings (SSSR count). The molecule has 4 aromatic carbocycles. The summed E-state index contributed by atoms with van der Waals surface area (Å²) in [5, 5.41) is 3.20. The van der Waals surface area contributed by atoms with Crippen molar-refractivity contribution in [1.82, 2.24) is 9.62 Å². The average Bonchev–Trinajstić information content (AvgIpc) is 2.92. The Balaban J connectivity index is 1.54. The molecule has 0 aliphatic heterocycles. The standard InChI is InChI=1S/C29H24ClF3N2O3S/c30-26-14-16-27(17-15-26)39(37,38)35(20-23-8-12-25(13-9-23)29(31,32)33)19-22-6-10-24(11-7-22)28(36)34-18-21-4-2-1-3-5-21/h1-17H,18-20H2,(H,34,36). The molecule has 0 saturated carbocycles. The molecule has 0 atom stereocenters. The molecule has 0 heterocycles. The lowest BCUT2D eigenvalue weighted by Crippen LogP contribution is -2.30. The zero-order valence-electron chi connectivity index (χ0n) is 20.5. The number of sulfonamides is 1. The Hall–Kier alpha value is -3.66. The SMILES string of the molecule is O=C(NCc1ccccc1)c1ccc(CN(Cc2ccc(C(F)(F)F)cc2)S(=O)(=O)c2ccc(Cl)cc2)cc1. The van der Waals surface area contributed by atoms with Gasteiger partial charge in [0.05, 0.1) is 10.5 Å². The van der Waals surface area contributed by atoms with Gasteiger partial charge >= 0.3 is 6.18 Å². The highest BCUT2D eigenvalue weighted by Gasteiger charge is 2.30. The molecule has 0 unspecified atom stereocenters. The second kappa shape index (κ2) is 12.0. The fourth-order valence-electron chi connectivity index (χ4n) is 3.83. The largest absolute Gasteiger partial charge is 0.416 e. The first-order valence-electron chi connectivity index (χ1n) is 11.9. The minimum atomic E-state index is -4.50. The van der Waals surface area contributed by atoms with Gasteiger partial charge in [-0.2, -0.15) is 17.5 Å². The van der Waals surface area contributed by atoms with E-state index in [0.717, 1.165) is 17.7 Å². The molecular weight excluding hydrogens is 549 g/mol. The summed E-state index contributed by atoms with van der Waals surface area (Å²) in [5.74, 6) is -0.277. The third-order valence-corrected chi connectivity index (χ3v) is 8.02. The van der Waals surface area contributed by atoms with E-state index in [4.69, 9.17) is 11.6 Å². The number of hydrogen-bond acceptors (Lipinski definition) is 3. The van der Waals surface area contributed by atoms with Crippen LogP contribution in [0, 0.1) is 0 Å². The van der Waals surface area contributed by atoms with Gasteiger partial charge in [-0.15, -0.1) is 0 Å². The summed E-state index contributed by atoms with van der Waals surface area (Å²) < 4.78 is 67.2. The van der Waals surface area contributed by atoms with Gasteiger partial charge in [-0.1, -0.05) is 66.2 Å². The van der Waals surface area contributed by atoms with E-state index >= 15 is 0 Å². The number of hydrogen-bond donors (Lipinski definition) is 1. The molecule has 0 aromatic heterocycles. The van der Waals surface area contributed by atoms with Crippen LogP contribution in [-0.4, -0.2) is 18.6 Å². The predicted molar refractivity (Wildman–Crippen MR) is 143 cm³/mol. The second-order valence-electron chi connectivity index (χ2n) is 8.79. The van der Waals surface area contributed by atoms with Crippen LogP contribution in [0.1, 0.15) is 32.6 Å². The Bertz CT molecular complexity index is 1510. The highest BCUT2D eigenvalue weighted by molar-refractivity contribution is 7.89. The number of nitrogens with one attached hydrogen (secondary N) is 1. The number of halogens is 4. The van der Waals surface area contributed by atoms with Crippen LogP contribution in [0.3, 0.4) is 0 Å². The molecule has 10 heteroatoms. The van der Waals surface area contributed by atoms with Gasteiger partial charge in [0.25, 0.3) is 5.91 Å². The molecule has 39 heavy (non-hydrogen) atoms. The van der Waals surface area contributed by atoms with E-state index in [9.17, 15) is 26.4 Å². The first-order chi connectivity index (χ1) is 18.5. The van der Waals surface area contributed by atoms with Crippen molar-refractivity contribution in [3.05, 3.63) is 136 Å². The maximum atomic E-state index is 13.5. The highest BCUT2D eigenvalue weighted by atomic mass is 35.5. The van der Waals surface area contributed by atoms with E-state index < -0.39 is 21.8 Å². The summed E-state index contributed by atoms with van der Waals surface area (Å²) in [4.78, 5) is 12.6. The molecule has 0 spiro atoms. The van der Waals surface area contributed by atoms with Gasteiger partial charge in [-0.3, -0.25) is 4.79 Å². The zero-order chi connectivity index (χ0) is 28.0. The molecular formula is C29H24ClF3N2O3S. The third kappa shape index (κ3) is 7.47. The number of carbonyl (C=O) groups excluding carboxylic acids is 1. The number of nitrogens with zero attached hydrogens (tertiary/aromatic N) is 1. The maximum absolute atomic E-state index is 13.5. The molecule has 0 aliphatic rings. The van der Waals surface area contributed by atoms with Crippen molar-refractivity contribution in [2.24, 2.45) is 0 Å². The summed E-state index contributed by atoms with van der Waals surface area (Å²) >= 11 is 5.92. The zero-order valence-corrected chi connectivity index (χ0v) is 22.1. The normalized spacial score (nSPS) is 11.9. The van der Waals surface area contributed by atoms with Crippen molar-refractivity contribution < 1.29 is 26.4 Å². The molecule has 1 N–H and O–H groups in total. The average molecular weight is 573 g/mol. The molecule has 0 saturated heterocycles. The molecule has 5 nitrogen and oxygen atoms in total. The van der Waals surface area contributed by atoms with Gasteiger partial charge in [0, 0.05) is 30.2 Å². The Labute approximate surface area is 229 Å². The van der Waals surface area contributed by atoms with Crippen molar-refractivity contribution in [3.63, 3.8) is 0 Å². The second-order valence-corrected chi connectivity index (χ2v) is 11.2. The topological polar surface area (TPSA) is 66.5 Å². The van der Waals surface area contributed by atoms with Crippen molar-refractivity contribution in [1.29, 1.82) is 0 Å². The molecule has 0 radical (unpaired) electrons. The Morgan fingerprint density at radius 2 is 1.28 bits per heavy atom. The van der Waals surface area contributed by atoms with Crippen molar-refractivity contribution in [2.45, 2.75) is 30.7 Å². The monoisotopic (exact) mass is 572 g/mol. The van der Waals surface area contributed by atoms with Crippen LogP contribution >= 0.6 is 11.6 Å². The van der Waals surface area contributed by atoms with E-state index in [-0.39, 0.29) is 23.9 Å². The summed E-state index contributed by atoms with van der Waals surface area (Å²) in [7, 11) is -4.05. The minimum absolute atomic E-state index is 0.00396. The molecule has 0 aliphatic carbocycles. The number of carbonyl (C=O) groups is 1. The van der Waals surface area contributed by atoms with Gasteiger partial charge in [0.1, 0.15) is 0 Å². The minimum Gasteiger partial charge on any atom is -0.348 e. The van der Waals surface area contributed by atoms with Crippen LogP contribution in [0.25, 0.3) is 0 Å². The molecule has 1 amide bonds. The summed E-state index contributed by atoms with van der Waals surface area (Å²) in [6.07, 6.45) is -4.50. The first-order valence-corrected chi connectivity index (χ1v) is 13.7. The quantitative estimate of drug-likeness (QED) is 0.243. The first kappa shape index (κ1) is 28.4. The fourth-order valence-corrected chi connectivity index (χ4v) is 5.37. The fraction of sp³-hybridized carbons (Fsp3) is 0.138. The van der Waals surface area contributed by atoms with E-state index in [2.05, 4.69) is 5.32 Å². The van der Waals surface area contributed by atoms with Crippen LogP contribution in [0.2, 0.25) is 5.02 Å². The molecule has 4 aromatic rings. The van der Waals surface area contributed by atoms with Crippen LogP contribution in [0.4, 0.5) is 13.2 Å². The lowest BCUT2D eigenvalue weighted by atomic mass is 10.1. The van der Waals surface area contributed by atoms with Gasteiger partial charge in [0.15, 0.2) is 0 Å². The Morgan fingerprint density at radius 3 is 1.82 bits per heavy atom. The van der Waals surface area contributed by atoms with Gasteiger partial charge in [0.2, 0.25) is 10.0 Å². The molecule has 202 valence electrons. The van der Waals surface area contributed by atoms with E-state index in [1.807, 2.05) is 30.3 Å². The number of rotatable bonds is 9. The van der Waals surface area contributed by atoms with E-state index in [1.54, 1.807) is 24.3 Å². The maximum Gasteiger partial charge on any atom is 0.416 e. The smallest absolute Gasteiger partial charge is 0.348 e. The van der Waals surface area contributed by atoms with Gasteiger partial charge in [-0.25, -0.2) is 8.42 Å². The van der Waals surface area contributed by atoms with Crippen molar-refractivity contribution in [2.75, 3.05) is 0 Å².